The Balaban J connectivity index is 1.86. The van der Waals surface area contributed by atoms with Gasteiger partial charge in [-0.3, -0.25) is 0 Å². The van der Waals surface area contributed by atoms with Gasteiger partial charge in [-0.1, -0.05) is 32.1 Å². The molecule has 1 saturated heterocycles. The van der Waals surface area contributed by atoms with Crippen LogP contribution in [-0.4, -0.2) is 55.6 Å². The third-order valence-electron chi connectivity index (χ3n) is 4.94. The minimum atomic E-state index is 0.360. The maximum atomic E-state index is 6.53. The van der Waals surface area contributed by atoms with Gasteiger partial charge < -0.3 is 15.5 Å². The molecule has 1 heterocycles. The third kappa shape index (κ3) is 3.94. The summed E-state index contributed by atoms with van der Waals surface area (Å²) in [5, 5.41) is 0. The van der Waals surface area contributed by atoms with E-state index in [0.29, 0.717) is 12.1 Å². The molecule has 0 radical (unpaired) electrons. The van der Waals surface area contributed by atoms with Crippen LogP contribution < -0.4 is 5.73 Å². The Labute approximate surface area is 113 Å². The number of hydrogen-bond acceptors (Lipinski definition) is 3. The molecular formula is C15H31N3. The fourth-order valence-electron chi connectivity index (χ4n) is 3.73. The summed E-state index contributed by atoms with van der Waals surface area (Å²) in [5.41, 5.74) is 6.53. The Kier molecular flexibility index (Phi) is 5.46. The van der Waals surface area contributed by atoms with Crippen molar-refractivity contribution in [1.29, 1.82) is 0 Å². The van der Waals surface area contributed by atoms with Crippen LogP contribution >= 0.6 is 0 Å². The number of nitrogens with zero attached hydrogens (tertiary/aromatic N) is 2. The molecule has 0 spiro atoms. The van der Waals surface area contributed by atoms with E-state index in [4.69, 9.17) is 5.73 Å². The molecule has 106 valence electrons. The van der Waals surface area contributed by atoms with Gasteiger partial charge in [0.15, 0.2) is 0 Å². The van der Waals surface area contributed by atoms with E-state index >= 15 is 0 Å². The summed E-state index contributed by atoms with van der Waals surface area (Å²) in [7, 11) is 4.49. The van der Waals surface area contributed by atoms with Crippen LogP contribution in [0.5, 0.6) is 0 Å². The van der Waals surface area contributed by atoms with Gasteiger partial charge in [0.1, 0.15) is 0 Å². The summed E-state index contributed by atoms with van der Waals surface area (Å²) in [5.74, 6) is 0.899. The number of likely N-dealkylation sites (N-methyl/N-ethyl adjacent to an activating group) is 2. The highest BCUT2D eigenvalue weighted by molar-refractivity contribution is 4.87. The third-order valence-corrected chi connectivity index (χ3v) is 4.94. The number of hydrogen-bond donors (Lipinski definition) is 1. The van der Waals surface area contributed by atoms with Crippen LogP contribution in [0, 0.1) is 5.92 Å². The summed E-state index contributed by atoms with van der Waals surface area (Å²) >= 11 is 0. The lowest BCUT2D eigenvalue weighted by molar-refractivity contribution is 0.173. The van der Waals surface area contributed by atoms with Crippen LogP contribution in [0.1, 0.15) is 44.9 Å². The lowest BCUT2D eigenvalue weighted by Gasteiger charge is -2.35. The van der Waals surface area contributed by atoms with Crippen molar-refractivity contribution in [2.24, 2.45) is 11.7 Å². The molecule has 1 aliphatic heterocycles. The first kappa shape index (κ1) is 14.3. The summed E-state index contributed by atoms with van der Waals surface area (Å²) in [6.45, 7) is 3.56. The Hall–Kier alpha value is -0.120. The summed E-state index contributed by atoms with van der Waals surface area (Å²) < 4.78 is 0. The van der Waals surface area contributed by atoms with Crippen molar-refractivity contribution < 1.29 is 0 Å². The quantitative estimate of drug-likeness (QED) is 0.834. The monoisotopic (exact) mass is 253 g/mol. The molecule has 1 aliphatic carbocycles. The molecule has 2 rings (SSSR count). The largest absolute Gasteiger partial charge is 0.326 e. The first-order valence-electron chi connectivity index (χ1n) is 7.81. The van der Waals surface area contributed by atoms with Gasteiger partial charge in [0.25, 0.3) is 0 Å². The van der Waals surface area contributed by atoms with E-state index in [2.05, 4.69) is 23.9 Å². The fourth-order valence-corrected chi connectivity index (χ4v) is 3.73. The molecule has 18 heavy (non-hydrogen) atoms. The van der Waals surface area contributed by atoms with E-state index in [1.165, 1.54) is 58.0 Å². The molecule has 3 heteroatoms. The minimum Gasteiger partial charge on any atom is -0.326 e. The van der Waals surface area contributed by atoms with Gasteiger partial charge in [0, 0.05) is 18.6 Å². The molecule has 0 aromatic rings. The lowest BCUT2D eigenvalue weighted by atomic mass is 9.83. The van der Waals surface area contributed by atoms with Crippen LogP contribution in [0.25, 0.3) is 0 Å². The molecule has 2 fully saturated rings. The smallest absolute Gasteiger partial charge is 0.0371 e. The number of rotatable bonds is 3. The SMILES string of the molecule is CN1CCCN(C)C(C(N)CC2CCCCC2)C1. The van der Waals surface area contributed by atoms with Crippen LogP contribution in [0.2, 0.25) is 0 Å². The average molecular weight is 253 g/mol. The number of nitrogens with two attached hydrogens (primary N) is 1. The van der Waals surface area contributed by atoms with Gasteiger partial charge in [0.05, 0.1) is 0 Å². The molecule has 2 aliphatic rings. The van der Waals surface area contributed by atoms with Gasteiger partial charge >= 0.3 is 0 Å². The van der Waals surface area contributed by atoms with Gasteiger partial charge in [-0.2, -0.15) is 0 Å². The van der Waals surface area contributed by atoms with Crippen molar-refractivity contribution in [2.45, 2.75) is 57.0 Å². The van der Waals surface area contributed by atoms with E-state index in [-0.39, 0.29) is 0 Å². The van der Waals surface area contributed by atoms with Crippen LogP contribution in [0.4, 0.5) is 0 Å². The second kappa shape index (κ2) is 6.88. The summed E-state index contributed by atoms with van der Waals surface area (Å²) in [6.07, 6.45) is 9.65. The normalized spacial score (nSPS) is 31.2. The highest BCUT2D eigenvalue weighted by Gasteiger charge is 2.28. The Morgan fingerprint density at radius 3 is 2.50 bits per heavy atom. The molecule has 3 nitrogen and oxygen atoms in total. The van der Waals surface area contributed by atoms with Crippen molar-refractivity contribution in [1.82, 2.24) is 9.80 Å². The summed E-state index contributed by atoms with van der Waals surface area (Å²) in [4.78, 5) is 4.95. The van der Waals surface area contributed by atoms with Gasteiger partial charge in [-0.15, -0.1) is 0 Å². The van der Waals surface area contributed by atoms with Gasteiger partial charge in [-0.05, 0) is 45.9 Å². The molecule has 2 unspecified atom stereocenters. The van der Waals surface area contributed by atoms with Crippen molar-refractivity contribution in [3.8, 4) is 0 Å². The van der Waals surface area contributed by atoms with Gasteiger partial charge in [-0.25, -0.2) is 0 Å². The molecule has 0 aromatic carbocycles. The predicted molar refractivity (Wildman–Crippen MR) is 77.7 cm³/mol. The maximum Gasteiger partial charge on any atom is 0.0371 e. The first-order chi connectivity index (χ1) is 8.66. The molecule has 0 amide bonds. The molecule has 0 aromatic heterocycles. The maximum absolute atomic E-state index is 6.53. The Morgan fingerprint density at radius 1 is 1.06 bits per heavy atom. The highest BCUT2D eigenvalue weighted by atomic mass is 15.2. The molecular weight excluding hydrogens is 222 g/mol. The molecule has 2 atom stereocenters. The molecule has 2 N–H and O–H groups in total. The lowest BCUT2D eigenvalue weighted by Crippen LogP contribution is -2.50. The van der Waals surface area contributed by atoms with Crippen LogP contribution in [0.15, 0.2) is 0 Å². The Morgan fingerprint density at radius 2 is 1.78 bits per heavy atom. The zero-order valence-corrected chi connectivity index (χ0v) is 12.3. The minimum absolute atomic E-state index is 0.360. The van der Waals surface area contributed by atoms with Crippen molar-refractivity contribution in [3.63, 3.8) is 0 Å². The van der Waals surface area contributed by atoms with Crippen molar-refractivity contribution in [3.05, 3.63) is 0 Å². The standard InChI is InChI=1S/C15H31N3/c1-17-9-6-10-18(2)15(12-17)14(16)11-13-7-4-3-5-8-13/h13-15H,3-12,16H2,1-2H3. The van der Waals surface area contributed by atoms with Crippen molar-refractivity contribution >= 4 is 0 Å². The fraction of sp³-hybridized carbons (Fsp3) is 1.00. The van der Waals surface area contributed by atoms with Gasteiger partial charge in [0.2, 0.25) is 0 Å². The van der Waals surface area contributed by atoms with E-state index in [0.717, 1.165) is 12.5 Å². The molecule has 1 saturated carbocycles. The van der Waals surface area contributed by atoms with E-state index < -0.39 is 0 Å². The molecule has 0 bridgehead atoms. The van der Waals surface area contributed by atoms with E-state index in [1.54, 1.807) is 0 Å². The Bertz CT molecular complexity index is 238. The topological polar surface area (TPSA) is 32.5 Å². The second-order valence-corrected chi connectivity index (χ2v) is 6.57. The van der Waals surface area contributed by atoms with Crippen molar-refractivity contribution in [2.75, 3.05) is 33.7 Å². The highest BCUT2D eigenvalue weighted by Crippen LogP contribution is 2.28. The summed E-state index contributed by atoms with van der Waals surface area (Å²) in [6, 6.07) is 0.915. The van der Waals surface area contributed by atoms with Crippen LogP contribution in [0.3, 0.4) is 0 Å². The first-order valence-corrected chi connectivity index (χ1v) is 7.81. The predicted octanol–water partition coefficient (Wildman–Crippen LogP) is 1.92. The van der Waals surface area contributed by atoms with E-state index in [9.17, 15) is 0 Å². The van der Waals surface area contributed by atoms with Crippen LogP contribution in [-0.2, 0) is 0 Å². The zero-order valence-electron chi connectivity index (χ0n) is 12.3. The average Bonchev–Trinajstić information content (AvgIpc) is 2.52. The second-order valence-electron chi connectivity index (χ2n) is 6.57. The zero-order chi connectivity index (χ0) is 13.0. The van der Waals surface area contributed by atoms with E-state index in [1.807, 2.05) is 0 Å².